The molecule has 2 atom stereocenters. The Kier molecular flexibility index (Phi) is 6.02. The molecule has 0 bridgehead atoms. The molecule has 1 heterocycles. The van der Waals surface area contributed by atoms with Crippen LogP contribution in [0, 0.1) is 6.92 Å². The number of carboxylic acid groups (broad SMARTS) is 1. The molecule has 1 saturated heterocycles. The average Bonchev–Trinajstić information content (AvgIpc) is 2.77. The minimum absolute atomic E-state index is 0.0463. The zero-order valence-corrected chi connectivity index (χ0v) is 17.5. The van der Waals surface area contributed by atoms with Gasteiger partial charge in [-0.05, 0) is 53.9 Å². The van der Waals surface area contributed by atoms with Crippen LogP contribution in [0.15, 0.2) is 60.7 Å². The van der Waals surface area contributed by atoms with Gasteiger partial charge in [0.2, 0.25) is 0 Å². The topological polar surface area (TPSA) is 61.8 Å². The fourth-order valence-corrected chi connectivity index (χ4v) is 4.19. The lowest BCUT2D eigenvalue weighted by atomic mass is 9.99. The van der Waals surface area contributed by atoms with Gasteiger partial charge in [-0.3, -0.25) is 0 Å². The first-order valence-corrected chi connectivity index (χ1v) is 10.4. The fraction of sp³-hybridized carbons (Fsp3) is 0.320. The van der Waals surface area contributed by atoms with Crippen molar-refractivity contribution in [3.05, 3.63) is 77.4 Å². The number of aryl methyl sites for hydroxylation is 1. The van der Waals surface area contributed by atoms with Gasteiger partial charge in [-0.25, -0.2) is 4.79 Å². The summed E-state index contributed by atoms with van der Waals surface area (Å²) in [6, 6.07) is 20.6. The third kappa shape index (κ3) is 4.48. The zero-order chi connectivity index (χ0) is 21.1. The molecule has 0 saturated carbocycles. The van der Waals surface area contributed by atoms with E-state index in [0.29, 0.717) is 12.2 Å². The fourth-order valence-electron chi connectivity index (χ4n) is 4.19. The number of morpholine rings is 1. The zero-order valence-electron chi connectivity index (χ0n) is 17.5. The van der Waals surface area contributed by atoms with E-state index in [4.69, 9.17) is 4.74 Å². The summed E-state index contributed by atoms with van der Waals surface area (Å²) in [6.45, 7) is 6.98. The quantitative estimate of drug-likeness (QED) is 0.638. The standard InChI is InChI=1S/C25H28N2O3/c1-17-12-20(25(28)29)14-21(13-17)27-10-11-30-22(16-27)15-26-18(2)23-9-5-7-19-6-3-4-8-24(19)23/h3-9,12-14,18,22,26H,10-11,15-16H2,1-2H3,(H,28,29)/t18-,22?/m1/s1. The van der Waals surface area contributed by atoms with Crippen LogP contribution in [0.25, 0.3) is 10.8 Å². The number of carboxylic acids is 1. The number of rotatable bonds is 6. The molecule has 1 aliphatic heterocycles. The summed E-state index contributed by atoms with van der Waals surface area (Å²) in [5, 5.41) is 15.5. The van der Waals surface area contributed by atoms with Crippen LogP contribution in [0.4, 0.5) is 5.69 Å². The summed E-state index contributed by atoms with van der Waals surface area (Å²) < 4.78 is 5.99. The van der Waals surface area contributed by atoms with E-state index in [9.17, 15) is 9.90 Å². The van der Waals surface area contributed by atoms with Crippen molar-refractivity contribution in [1.82, 2.24) is 5.32 Å². The van der Waals surface area contributed by atoms with E-state index < -0.39 is 5.97 Å². The molecule has 4 rings (SSSR count). The Labute approximate surface area is 177 Å². The second kappa shape index (κ2) is 8.86. The van der Waals surface area contributed by atoms with Crippen molar-refractivity contribution >= 4 is 22.4 Å². The minimum atomic E-state index is -0.893. The highest BCUT2D eigenvalue weighted by atomic mass is 16.5. The average molecular weight is 405 g/mol. The van der Waals surface area contributed by atoms with Gasteiger partial charge in [0.25, 0.3) is 0 Å². The van der Waals surface area contributed by atoms with E-state index in [1.165, 1.54) is 16.3 Å². The molecule has 30 heavy (non-hydrogen) atoms. The first kappa shape index (κ1) is 20.4. The summed E-state index contributed by atoms with van der Waals surface area (Å²) in [5.41, 5.74) is 3.51. The van der Waals surface area contributed by atoms with E-state index in [0.717, 1.165) is 30.9 Å². The van der Waals surface area contributed by atoms with Crippen LogP contribution >= 0.6 is 0 Å². The Bertz CT molecular complexity index is 1040. The van der Waals surface area contributed by atoms with Crippen molar-refractivity contribution in [1.29, 1.82) is 0 Å². The highest BCUT2D eigenvalue weighted by Gasteiger charge is 2.22. The molecule has 3 aromatic rings. The summed E-state index contributed by atoms with van der Waals surface area (Å²) in [6.07, 6.45) is 0.0463. The molecule has 0 amide bonds. The predicted octanol–water partition coefficient (Wildman–Crippen LogP) is 4.40. The SMILES string of the molecule is Cc1cc(C(=O)O)cc(N2CCOC(CN[C@H](C)c3cccc4ccccc34)C2)c1. The van der Waals surface area contributed by atoms with Crippen LogP contribution in [0.1, 0.15) is 34.5 Å². The summed E-state index contributed by atoms with van der Waals surface area (Å²) in [5.74, 6) is -0.893. The maximum absolute atomic E-state index is 11.4. The Hall–Kier alpha value is -2.89. The maximum atomic E-state index is 11.4. The molecular formula is C25H28N2O3. The number of hydrogen-bond acceptors (Lipinski definition) is 4. The van der Waals surface area contributed by atoms with E-state index >= 15 is 0 Å². The summed E-state index contributed by atoms with van der Waals surface area (Å²) >= 11 is 0. The van der Waals surface area contributed by atoms with Gasteiger partial charge in [0.15, 0.2) is 0 Å². The molecule has 5 heteroatoms. The van der Waals surface area contributed by atoms with Gasteiger partial charge in [0.1, 0.15) is 0 Å². The van der Waals surface area contributed by atoms with Gasteiger partial charge in [0.05, 0.1) is 18.3 Å². The number of anilines is 1. The van der Waals surface area contributed by atoms with Crippen molar-refractivity contribution in [2.24, 2.45) is 0 Å². The van der Waals surface area contributed by atoms with Gasteiger partial charge in [-0.1, -0.05) is 42.5 Å². The maximum Gasteiger partial charge on any atom is 0.335 e. The third-order valence-corrected chi connectivity index (χ3v) is 5.75. The normalized spacial score (nSPS) is 17.8. The van der Waals surface area contributed by atoms with Crippen molar-refractivity contribution in [3.8, 4) is 0 Å². The Balaban J connectivity index is 1.43. The monoisotopic (exact) mass is 404 g/mol. The lowest BCUT2D eigenvalue weighted by molar-refractivity contribution is 0.0395. The molecule has 1 aliphatic rings. The second-order valence-corrected chi connectivity index (χ2v) is 8.00. The number of ether oxygens (including phenoxy) is 1. The van der Waals surface area contributed by atoms with Crippen molar-refractivity contribution in [2.75, 3.05) is 31.1 Å². The molecular weight excluding hydrogens is 376 g/mol. The van der Waals surface area contributed by atoms with Crippen LogP contribution in [-0.4, -0.2) is 43.4 Å². The summed E-state index contributed by atoms with van der Waals surface area (Å²) in [7, 11) is 0. The van der Waals surface area contributed by atoms with E-state index in [1.54, 1.807) is 12.1 Å². The van der Waals surface area contributed by atoms with Crippen LogP contribution < -0.4 is 10.2 Å². The van der Waals surface area contributed by atoms with Crippen LogP contribution in [0.2, 0.25) is 0 Å². The van der Waals surface area contributed by atoms with E-state index in [1.807, 2.05) is 13.0 Å². The van der Waals surface area contributed by atoms with Crippen molar-refractivity contribution in [2.45, 2.75) is 26.0 Å². The molecule has 3 aromatic carbocycles. The smallest absolute Gasteiger partial charge is 0.335 e. The van der Waals surface area contributed by atoms with Crippen LogP contribution in [0.3, 0.4) is 0 Å². The van der Waals surface area contributed by atoms with Crippen LogP contribution in [-0.2, 0) is 4.74 Å². The number of benzene rings is 3. The second-order valence-electron chi connectivity index (χ2n) is 8.00. The number of fused-ring (bicyclic) bond motifs is 1. The Morgan fingerprint density at radius 3 is 2.83 bits per heavy atom. The lowest BCUT2D eigenvalue weighted by Crippen LogP contribution is -2.47. The highest BCUT2D eigenvalue weighted by Crippen LogP contribution is 2.25. The minimum Gasteiger partial charge on any atom is -0.478 e. The largest absolute Gasteiger partial charge is 0.478 e. The molecule has 0 spiro atoms. The van der Waals surface area contributed by atoms with Gasteiger partial charge in [-0.15, -0.1) is 0 Å². The third-order valence-electron chi connectivity index (χ3n) is 5.75. The number of nitrogens with one attached hydrogen (secondary N) is 1. The lowest BCUT2D eigenvalue weighted by Gasteiger charge is -2.35. The molecule has 1 unspecified atom stereocenters. The van der Waals surface area contributed by atoms with Crippen LogP contribution in [0.5, 0.6) is 0 Å². The molecule has 2 N–H and O–H groups in total. The molecule has 5 nitrogen and oxygen atoms in total. The number of hydrogen-bond donors (Lipinski definition) is 2. The first-order chi connectivity index (χ1) is 14.5. The molecule has 0 aliphatic carbocycles. The molecule has 0 aromatic heterocycles. The molecule has 0 radical (unpaired) electrons. The summed E-state index contributed by atoms with van der Waals surface area (Å²) in [4.78, 5) is 13.6. The van der Waals surface area contributed by atoms with Gasteiger partial charge < -0.3 is 20.1 Å². The first-order valence-electron chi connectivity index (χ1n) is 10.4. The van der Waals surface area contributed by atoms with Gasteiger partial charge >= 0.3 is 5.97 Å². The highest BCUT2D eigenvalue weighted by molar-refractivity contribution is 5.89. The van der Waals surface area contributed by atoms with Crippen molar-refractivity contribution in [3.63, 3.8) is 0 Å². The van der Waals surface area contributed by atoms with E-state index in [-0.39, 0.29) is 12.1 Å². The number of carbonyl (C=O) groups is 1. The van der Waals surface area contributed by atoms with Crippen molar-refractivity contribution < 1.29 is 14.6 Å². The Morgan fingerprint density at radius 1 is 1.20 bits per heavy atom. The molecule has 1 fully saturated rings. The molecule has 156 valence electrons. The van der Waals surface area contributed by atoms with E-state index in [2.05, 4.69) is 59.6 Å². The predicted molar refractivity (Wildman–Crippen MR) is 120 cm³/mol. The van der Waals surface area contributed by atoms with Gasteiger partial charge in [-0.2, -0.15) is 0 Å². The van der Waals surface area contributed by atoms with Gasteiger partial charge in [0, 0.05) is 31.4 Å². The number of nitrogens with zero attached hydrogens (tertiary/aromatic N) is 1. The Morgan fingerprint density at radius 2 is 2.00 bits per heavy atom. The number of aromatic carboxylic acids is 1.